The summed E-state index contributed by atoms with van der Waals surface area (Å²) in [4.78, 5) is 43.1. The molecule has 1 atom stereocenters. The van der Waals surface area contributed by atoms with Crippen LogP contribution in [0.25, 0.3) is 10.9 Å². The number of alkyl halides is 2. The van der Waals surface area contributed by atoms with E-state index in [0.29, 0.717) is 43.1 Å². The number of esters is 1. The Balaban J connectivity index is 1.33. The zero-order valence-corrected chi connectivity index (χ0v) is 28.3. The number of benzene rings is 2. The highest BCUT2D eigenvalue weighted by atomic mass is 35.5. The molecule has 266 valence electrons. The second kappa shape index (κ2) is 15.8. The number of fused-ring (bicyclic) bond motifs is 1. The summed E-state index contributed by atoms with van der Waals surface area (Å²) in [5.74, 6) is -0.739. The van der Waals surface area contributed by atoms with Gasteiger partial charge in [-0.25, -0.2) is 4.79 Å². The second-order valence-corrected chi connectivity index (χ2v) is 12.9. The van der Waals surface area contributed by atoms with Gasteiger partial charge in [0.15, 0.2) is 23.9 Å². The first-order chi connectivity index (χ1) is 24.1. The van der Waals surface area contributed by atoms with Gasteiger partial charge >= 0.3 is 18.3 Å². The van der Waals surface area contributed by atoms with Gasteiger partial charge in [0.05, 0.1) is 30.7 Å². The molecule has 1 unspecified atom stereocenters. The van der Waals surface area contributed by atoms with E-state index in [1.165, 1.54) is 22.8 Å². The molecule has 12 nitrogen and oxygen atoms in total. The van der Waals surface area contributed by atoms with Crippen molar-refractivity contribution in [1.82, 2.24) is 14.0 Å². The maximum atomic E-state index is 13.8. The molecule has 2 aromatic carbocycles. The molecule has 0 amide bonds. The minimum absolute atomic E-state index is 0.00553. The quantitative estimate of drug-likeness (QED) is 0.106. The molecule has 4 aromatic rings. The fourth-order valence-electron chi connectivity index (χ4n) is 5.77. The Labute approximate surface area is 294 Å². The SMILES string of the molecule is O=C(Cn1c(=O)n(CCN2CCOCC2)c(=O)c2ccccc21)OC(Cc1c(Cl)c[n+]([O-])cc1Cl)c1ccc(OC(F)F)c(OCC2CC2)c1. The predicted molar refractivity (Wildman–Crippen MR) is 179 cm³/mol. The lowest BCUT2D eigenvalue weighted by Crippen LogP contribution is -2.45. The third-order valence-corrected chi connectivity index (χ3v) is 9.26. The standard InChI is InChI=1S/C34H34Cl2F2N4O8/c35-25-17-40(46)18-26(36)24(25)16-29(22-7-8-28(50-33(37)38)30(15-22)48-20-21-5-6-21)49-31(43)19-42-27-4-2-1-3-23(27)32(44)41(34(42)45)10-9-39-11-13-47-14-12-39/h1-4,7-8,15,17-18,21,29,33H,5-6,9-14,16,19-20H2. The van der Waals surface area contributed by atoms with E-state index in [-0.39, 0.29) is 63.5 Å². The van der Waals surface area contributed by atoms with E-state index >= 15 is 0 Å². The average Bonchev–Trinajstić information content (AvgIpc) is 3.92. The highest BCUT2D eigenvalue weighted by molar-refractivity contribution is 6.35. The molecule has 1 aliphatic carbocycles. The molecule has 2 fully saturated rings. The van der Waals surface area contributed by atoms with Gasteiger partial charge in [0, 0.05) is 38.2 Å². The molecule has 0 N–H and O–H groups in total. The lowest BCUT2D eigenvalue weighted by Gasteiger charge is -2.26. The van der Waals surface area contributed by atoms with Crippen molar-refractivity contribution in [2.75, 3.05) is 39.5 Å². The minimum Gasteiger partial charge on any atom is -0.619 e. The third kappa shape index (κ3) is 8.55. The smallest absolute Gasteiger partial charge is 0.387 e. The van der Waals surface area contributed by atoms with Gasteiger partial charge in [-0.05, 0) is 48.6 Å². The van der Waals surface area contributed by atoms with Crippen LogP contribution in [-0.2, 0) is 33.8 Å². The van der Waals surface area contributed by atoms with Crippen LogP contribution < -0.4 is 25.5 Å². The van der Waals surface area contributed by atoms with E-state index in [0.717, 1.165) is 29.8 Å². The van der Waals surface area contributed by atoms with Gasteiger partial charge in [-0.3, -0.25) is 23.6 Å². The van der Waals surface area contributed by atoms with Crippen molar-refractivity contribution in [3.05, 3.63) is 102 Å². The highest BCUT2D eigenvalue weighted by Crippen LogP contribution is 2.38. The summed E-state index contributed by atoms with van der Waals surface area (Å²) in [5.41, 5.74) is -0.309. The van der Waals surface area contributed by atoms with Crippen LogP contribution >= 0.6 is 23.2 Å². The molecule has 50 heavy (non-hydrogen) atoms. The molecule has 6 rings (SSSR count). The number of morpholine rings is 1. The summed E-state index contributed by atoms with van der Waals surface area (Å²) in [5, 5.41) is 12.2. The molecule has 3 heterocycles. The number of halogens is 4. The maximum Gasteiger partial charge on any atom is 0.387 e. The number of pyridine rings is 1. The molecule has 16 heteroatoms. The van der Waals surface area contributed by atoms with Crippen LogP contribution in [-0.4, -0.2) is 66.1 Å². The number of carbonyl (C=O) groups is 1. The van der Waals surface area contributed by atoms with Crippen molar-refractivity contribution in [2.24, 2.45) is 5.92 Å². The Bertz CT molecular complexity index is 1960. The molecule has 2 aromatic heterocycles. The topological polar surface area (TPSA) is 128 Å². The summed E-state index contributed by atoms with van der Waals surface area (Å²) in [7, 11) is 0. The number of nitrogens with zero attached hydrogens (tertiary/aromatic N) is 4. The second-order valence-electron chi connectivity index (χ2n) is 12.1. The zero-order chi connectivity index (χ0) is 35.4. The highest BCUT2D eigenvalue weighted by Gasteiger charge is 2.27. The van der Waals surface area contributed by atoms with Gasteiger partial charge in [-0.2, -0.15) is 13.5 Å². The molecular formula is C34H34Cl2F2N4O8. The maximum absolute atomic E-state index is 13.8. The molecule has 0 radical (unpaired) electrons. The Morgan fingerprint density at radius 1 is 1.00 bits per heavy atom. The molecule has 1 aliphatic heterocycles. The van der Waals surface area contributed by atoms with Crippen LogP contribution in [0.1, 0.15) is 30.1 Å². The van der Waals surface area contributed by atoms with Crippen molar-refractivity contribution in [2.45, 2.75) is 45.1 Å². The van der Waals surface area contributed by atoms with E-state index < -0.39 is 36.5 Å². The number of hydrogen-bond acceptors (Lipinski definition) is 9. The van der Waals surface area contributed by atoms with Crippen LogP contribution in [0.3, 0.4) is 0 Å². The van der Waals surface area contributed by atoms with Crippen LogP contribution in [0.5, 0.6) is 11.5 Å². The fourth-order valence-corrected chi connectivity index (χ4v) is 6.37. The van der Waals surface area contributed by atoms with Crippen LogP contribution in [0.2, 0.25) is 10.0 Å². The first kappa shape index (κ1) is 35.6. The minimum atomic E-state index is -3.11. The van der Waals surface area contributed by atoms with Crippen molar-refractivity contribution in [1.29, 1.82) is 0 Å². The summed E-state index contributed by atoms with van der Waals surface area (Å²) in [6.45, 7) is -0.430. The normalized spacial score (nSPS) is 15.7. The van der Waals surface area contributed by atoms with Gasteiger partial charge in [-0.15, -0.1) is 0 Å². The number of para-hydroxylation sites is 1. The van der Waals surface area contributed by atoms with Gasteiger partial charge in [0.25, 0.3) is 5.56 Å². The van der Waals surface area contributed by atoms with Crippen LogP contribution in [0.4, 0.5) is 8.78 Å². The summed E-state index contributed by atoms with van der Waals surface area (Å²) < 4.78 is 51.1. The van der Waals surface area contributed by atoms with Crippen molar-refractivity contribution in [3.63, 3.8) is 0 Å². The largest absolute Gasteiger partial charge is 0.619 e. The van der Waals surface area contributed by atoms with E-state index in [9.17, 15) is 28.4 Å². The van der Waals surface area contributed by atoms with Gasteiger partial charge in [0.2, 0.25) is 0 Å². The van der Waals surface area contributed by atoms with Gasteiger partial charge in [0.1, 0.15) is 22.7 Å². The van der Waals surface area contributed by atoms with Crippen LogP contribution in [0, 0.1) is 11.1 Å². The van der Waals surface area contributed by atoms with Crippen molar-refractivity contribution in [3.8, 4) is 11.5 Å². The molecule has 1 saturated carbocycles. The Hall–Kier alpha value is -4.24. The van der Waals surface area contributed by atoms with E-state index in [1.807, 2.05) is 0 Å². The third-order valence-electron chi connectivity index (χ3n) is 8.61. The lowest BCUT2D eigenvalue weighted by atomic mass is 10.0. The Morgan fingerprint density at radius 2 is 1.72 bits per heavy atom. The van der Waals surface area contributed by atoms with Gasteiger partial charge < -0.3 is 24.2 Å². The Morgan fingerprint density at radius 3 is 2.42 bits per heavy atom. The predicted octanol–water partition coefficient (Wildman–Crippen LogP) is 4.35. The number of hydrogen-bond donors (Lipinski definition) is 0. The molecular weight excluding hydrogens is 701 g/mol. The van der Waals surface area contributed by atoms with E-state index in [4.69, 9.17) is 37.4 Å². The first-order valence-electron chi connectivity index (χ1n) is 16.1. The van der Waals surface area contributed by atoms with Crippen LogP contribution in [0.15, 0.2) is 64.4 Å². The number of ether oxygens (including phenoxy) is 4. The molecule has 1 saturated heterocycles. The molecule has 0 spiro atoms. The van der Waals surface area contributed by atoms with Gasteiger partial charge in [-0.1, -0.05) is 41.4 Å². The summed E-state index contributed by atoms with van der Waals surface area (Å²) in [6, 6.07) is 10.6. The molecule has 0 bridgehead atoms. The summed E-state index contributed by atoms with van der Waals surface area (Å²) in [6.07, 6.45) is 2.82. The van der Waals surface area contributed by atoms with Crippen molar-refractivity contribution >= 4 is 40.1 Å². The Kier molecular flexibility index (Phi) is 11.2. The lowest BCUT2D eigenvalue weighted by molar-refractivity contribution is -0.605. The number of carbonyl (C=O) groups excluding carboxylic acids is 1. The number of aromatic nitrogens is 3. The average molecular weight is 736 g/mol. The first-order valence-corrected chi connectivity index (χ1v) is 16.8. The molecule has 2 aliphatic rings. The zero-order valence-electron chi connectivity index (χ0n) is 26.8. The number of rotatable bonds is 14. The van der Waals surface area contributed by atoms with E-state index in [1.54, 1.807) is 24.3 Å². The monoisotopic (exact) mass is 734 g/mol. The summed E-state index contributed by atoms with van der Waals surface area (Å²) >= 11 is 12.8. The fraction of sp³-hybridized carbons (Fsp3) is 0.412. The van der Waals surface area contributed by atoms with E-state index in [2.05, 4.69) is 9.64 Å². The van der Waals surface area contributed by atoms with Crippen molar-refractivity contribution < 1.29 is 37.3 Å².